The number of benzene rings is 2. The fourth-order valence-electron chi connectivity index (χ4n) is 2.16. The van der Waals surface area contributed by atoms with Crippen molar-refractivity contribution in [2.45, 2.75) is 11.8 Å². The Kier molecular flexibility index (Phi) is 7.36. The number of likely N-dealkylation sites (N-methyl/N-ethyl adjacent to an activating group) is 1. The zero-order chi connectivity index (χ0) is 19.1. The van der Waals surface area contributed by atoms with Crippen LogP contribution in [0.1, 0.15) is 5.56 Å². The first-order chi connectivity index (χ1) is 12.4. The van der Waals surface area contributed by atoms with E-state index in [9.17, 15) is 9.59 Å². The summed E-state index contributed by atoms with van der Waals surface area (Å²) >= 11 is 7.39. The van der Waals surface area contributed by atoms with Crippen LogP contribution in [0.25, 0.3) is 0 Å². The van der Waals surface area contributed by atoms with Gasteiger partial charge in [0.15, 0.2) is 0 Å². The molecule has 2 amide bonds. The van der Waals surface area contributed by atoms with Crippen LogP contribution in [0, 0.1) is 6.92 Å². The van der Waals surface area contributed by atoms with Gasteiger partial charge in [-0.3, -0.25) is 9.59 Å². The molecule has 0 unspecified atom stereocenters. The monoisotopic (exact) mass is 392 g/mol. The number of hydrogen-bond donors (Lipinski definition) is 1. The Morgan fingerprint density at radius 1 is 1.19 bits per heavy atom. The second-order valence-corrected chi connectivity index (χ2v) is 7.23. The number of hydrogen-bond acceptors (Lipinski definition) is 4. The van der Waals surface area contributed by atoms with Crippen molar-refractivity contribution >= 4 is 40.9 Å². The summed E-state index contributed by atoms with van der Waals surface area (Å²) in [5.41, 5.74) is 1.64. The highest BCUT2D eigenvalue weighted by atomic mass is 35.5. The van der Waals surface area contributed by atoms with Crippen LogP contribution in [-0.4, -0.2) is 43.2 Å². The normalized spacial score (nSPS) is 10.3. The molecule has 0 aromatic heterocycles. The number of rotatable bonds is 7. The molecule has 0 saturated carbocycles. The Balaban J connectivity index is 1.87. The SMILES string of the molecule is COc1ccc(Cl)cc1NC(=O)CN(C)C(=O)CSc1ccc(C)cc1. The summed E-state index contributed by atoms with van der Waals surface area (Å²) in [6.45, 7) is 1.96. The first kappa shape index (κ1) is 20.1. The molecule has 0 aliphatic carbocycles. The highest BCUT2D eigenvalue weighted by molar-refractivity contribution is 8.00. The molecule has 0 aliphatic heterocycles. The van der Waals surface area contributed by atoms with E-state index in [-0.39, 0.29) is 24.1 Å². The van der Waals surface area contributed by atoms with E-state index in [4.69, 9.17) is 16.3 Å². The Labute approximate surface area is 162 Å². The van der Waals surface area contributed by atoms with Crippen LogP contribution in [0.4, 0.5) is 5.69 Å². The maximum Gasteiger partial charge on any atom is 0.244 e. The van der Waals surface area contributed by atoms with E-state index in [1.54, 1.807) is 25.2 Å². The number of aryl methyl sites for hydroxylation is 1. The molecule has 7 heteroatoms. The summed E-state index contributed by atoms with van der Waals surface area (Å²) in [6.07, 6.45) is 0. The fraction of sp³-hybridized carbons (Fsp3) is 0.263. The minimum absolute atomic E-state index is 0.0526. The van der Waals surface area contributed by atoms with Gasteiger partial charge >= 0.3 is 0 Å². The highest BCUT2D eigenvalue weighted by Gasteiger charge is 2.15. The fourth-order valence-corrected chi connectivity index (χ4v) is 3.17. The van der Waals surface area contributed by atoms with Gasteiger partial charge in [0.1, 0.15) is 5.75 Å². The smallest absolute Gasteiger partial charge is 0.244 e. The van der Waals surface area contributed by atoms with Crippen LogP contribution in [0.3, 0.4) is 0 Å². The predicted octanol–water partition coefficient (Wildman–Crippen LogP) is 3.85. The average molecular weight is 393 g/mol. The zero-order valence-electron chi connectivity index (χ0n) is 14.9. The largest absolute Gasteiger partial charge is 0.495 e. The number of thioether (sulfide) groups is 1. The molecule has 2 rings (SSSR count). The lowest BCUT2D eigenvalue weighted by atomic mass is 10.2. The number of carbonyl (C=O) groups excluding carboxylic acids is 2. The molecule has 138 valence electrons. The summed E-state index contributed by atoms with van der Waals surface area (Å²) < 4.78 is 5.19. The van der Waals surface area contributed by atoms with Gasteiger partial charge in [-0.2, -0.15) is 0 Å². The number of ether oxygens (including phenoxy) is 1. The molecule has 0 fully saturated rings. The molecule has 5 nitrogen and oxygen atoms in total. The summed E-state index contributed by atoms with van der Waals surface area (Å²) in [5.74, 6) is 0.338. The number of carbonyl (C=O) groups is 2. The lowest BCUT2D eigenvalue weighted by Gasteiger charge is -2.17. The van der Waals surface area contributed by atoms with Crippen LogP contribution in [-0.2, 0) is 9.59 Å². The van der Waals surface area contributed by atoms with Crippen molar-refractivity contribution in [1.29, 1.82) is 0 Å². The maximum atomic E-state index is 12.2. The molecule has 0 radical (unpaired) electrons. The number of halogens is 1. The van der Waals surface area contributed by atoms with E-state index in [0.717, 1.165) is 4.90 Å². The average Bonchev–Trinajstić information content (AvgIpc) is 2.61. The van der Waals surface area contributed by atoms with Gasteiger partial charge in [-0.1, -0.05) is 29.3 Å². The highest BCUT2D eigenvalue weighted by Crippen LogP contribution is 2.27. The van der Waals surface area contributed by atoms with E-state index in [0.29, 0.717) is 16.5 Å². The van der Waals surface area contributed by atoms with E-state index in [2.05, 4.69) is 5.32 Å². The molecule has 0 atom stereocenters. The van der Waals surface area contributed by atoms with Gasteiger partial charge in [-0.15, -0.1) is 11.8 Å². The molecule has 0 heterocycles. The summed E-state index contributed by atoms with van der Waals surface area (Å²) in [6, 6.07) is 12.9. The van der Waals surface area contributed by atoms with Crippen molar-refractivity contribution in [1.82, 2.24) is 4.90 Å². The van der Waals surface area contributed by atoms with Crippen LogP contribution in [0.5, 0.6) is 5.75 Å². The number of nitrogens with zero attached hydrogens (tertiary/aromatic N) is 1. The second kappa shape index (κ2) is 9.50. The minimum Gasteiger partial charge on any atom is -0.495 e. The molecule has 2 aromatic rings. The molecule has 26 heavy (non-hydrogen) atoms. The first-order valence-electron chi connectivity index (χ1n) is 7.96. The van der Waals surface area contributed by atoms with Crippen LogP contribution >= 0.6 is 23.4 Å². The van der Waals surface area contributed by atoms with E-state index in [1.807, 2.05) is 31.2 Å². The van der Waals surface area contributed by atoms with Crippen LogP contribution in [0.2, 0.25) is 5.02 Å². The Morgan fingerprint density at radius 3 is 2.54 bits per heavy atom. The third-order valence-corrected chi connectivity index (χ3v) is 4.86. The minimum atomic E-state index is -0.318. The third-order valence-electron chi connectivity index (χ3n) is 3.63. The predicted molar refractivity (Wildman–Crippen MR) is 106 cm³/mol. The second-order valence-electron chi connectivity index (χ2n) is 5.74. The summed E-state index contributed by atoms with van der Waals surface area (Å²) in [7, 11) is 3.11. The zero-order valence-corrected chi connectivity index (χ0v) is 16.5. The number of methoxy groups -OCH3 is 1. The third kappa shape index (κ3) is 5.97. The lowest BCUT2D eigenvalue weighted by Crippen LogP contribution is -2.36. The molecule has 1 N–H and O–H groups in total. The molecule has 0 aliphatic rings. The van der Waals surface area contributed by atoms with Crippen molar-refractivity contribution in [3.63, 3.8) is 0 Å². The van der Waals surface area contributed by atoms with Crippen molar-refractivity contribution in [3.05, 3.63) is 53.1 Å². The summed E-state index contributed by atoms with van der Waals surface area (Å²) in [5, 5.41) is 3.21. The van der Waals surface area contributed by atoms with Crippen molar-refractivity contribution in [2.75, 3.05) is 31.8 Å². The first-order valence-corrected chi connectivity index (χ1v) is 9.32. The number of anilines is 1. The Bertz CT molecular complexity index is 781. The van der Waals surface area contributed by atoms with Gasteiger partial charge in [-0.05, 0) is 37.3 Å². The molecule has 0 saturated heterocycles. The lowest BCUT2D eigenvalue weighted by molar-refractivity contribution is -0.131. The number of nitrogens with one attached hydrogen (secondary N) is 1. The van der Waals surface area contributed by atoms with Gasteiger partial charge in [0.05, 0.1) is 25.1 Å². The van der Waals surface area contributed by atoms with Gasteiger partial charge < -0.3 is 15.0 Å². The summed E-state index contributed by atoms with van der Waals surface area (Å²) in [4.78, 5) is 26.9. The van der Waals surface area contributed by atoms with E-state index in [1.165, 1.54) is 29.3 Å². The van der Waals surface area contributed by atoms with Gasteiger partial charge in [0.25, 0.3) is 0 Å². The van der Waals surface area contributed by atoms with Crippen molar-refractivity contribution in [3.8, 4) is 5.75 Å². The maximum absolute atomic E-state index is 12.2. The van der Waals surface area contributed by atoms with Gasteiger partial charge in [-0.25, -0.2) is 0 Å². The van der Waals surface area contributed by atoms with Gasteiger partial charge in [0, 0.05) is 17.0 Å². The van der Waals surface area contributed by atoms with E-state index >= 15 is 0 Å². The van der Waals surface area contributed by atoms with Crippen LogP contribution in [0.15, 0.2) is 47.4 Å². The number of amides is 2. The quantitative estimate of drug-likeness (QED) is 0.727. The molecular formula is C19H21ClN2O3S. The van der Waals surface area contributed by atoms with Crippen LogP contribution < -0.4 is 10.1 Å². The van der Waals surface area contributed by atoms with Crippen molar-refractivity contribution < 1.29 is 14.3 Å². The molecule has 0 spiro atoms. The molecule has 0 bridgehead atoms. The Morgan fingerprint density at radius 2 is 1.88 bits per heavy atom. The molecule has 2 aromatic carbocycles. The van der Waals surface area contributed by atoms with Gasteiger partial charge in [0.2, 0.25) is 11.8 Å². The Hall–Kier alpha value is -2.18. The topological polar surface area (TPSA) is 58.6 Å². The molecular weight excluding hydrogens is 372 g/mol. The standard InChI is InChI=1S/C19H21ClN2O3S/c1-13-4-7-15(8-5-13)26-12-19(24)22(2)11-18(23)21-16-10-14(20)6-9-17(16)25-3/h4-10H,11-12H2,1-3H3,(H,21,23). The van der Waals surface area contributed by atoms with E-state index < -0.39 is 0 Å². The van der Waals surface area contributed by atoms with Crippen molar-refractivity contribution in [2.24, 2.45) is 0 Å².